The molecule has 0 radical (unpaired) electrons. The van der Waals surface area contributed by atoms with Crippen molar-refractivity contribution in [1.29, 1.82) is 0 Å². The Morgan fingerprint density at radius 2 is 2.29 bits per heavy atom. The SMILES string of the molecule is CN(C)C(=O)COCC1CN(CC2CCOC2)Cc2nccn2C1. The molecule has 7 heteroatoms. The summed E-state index contributed by atoms with van der Waals surface area (Å²) in [5, 5.41) is 0. The maximum atomic E-state index is 11.7. The minimum Gasteiger partial charge on any atom is -0.381 e. The number of rotatable bonds is 6. The molecule has 2 atom stereocenters. The number of likely N-dealkylation sites (N-methyl/N-ethyl adjacent to an activating group) is 1. The van der Waals surface area contributed by atoms with E-state index in [1.165, 1.54) is 0 Å². The molecule has 7 nitrogen and oxygen atoms in total. The largest absolute Gasteiger partial charge is 0.381 e. The second kappa shape index (κ2) is 8.09. The van der Waals surface area contributed by atoms with E-state index in [1.807, 2.05) is 12.4 Å². The molecule has 0 aliphatic carbocycles. The molecule has 134 valence electrons. The molecule has 1 fully saturated rings. The van der Waals surface area contributed by atoms with Crippen LogP contribution in [0.2, 0.25) is 0 Å². The van der Waals surface area contributed by atoms with Crippen molar-refractivity contribution in [3.05, 3.63) is 18.2 Å². The number of imidazole rings is 1. The summed E-state index contributed by atoms with van der Waals surface area (Å²) in [6, 6.07) is 0. The maximum Gasteiger partial charge on any atom is 0.248 e. The number of amides is 1. The summed E-state index contributed by atoms with van der Waals surface area (Å²) in [5.41, 5.74) is 0. The molecule has 3 rings (SSSR count). The van der Waals surface area contributed by atoms with Gasteiger partial charge in [-0.15, -0.1) is 0 Å². The molecule has 0 aromatic carbocycles. The van der Waals surface area contributed by atoms with Gasteiger partial charge in [-0.25, -0.2) is 4.98 Å². The second-order valence-corrected chi connectivity index (χ2v) is 7.09. The monoisotopic (exact) mass is 336 g/mol. The van der Waals surface area contributed by atoms with Crippen LogP contribution in [-0.2, 0) is 27.4 Å². The lowest BCUT2D eigenvalue weighted by atomic mass is 10.1. The van der Waals surface area contributed by atoms with Crippen LogP contribution in [0, 0.1) is 11.8 Å². The fourth-order valence-electron chi connectivity index (χ4n) is 3.40. The zero-order valence-electron chi connectivity index (χ0n) is 14.7. The Balaban J connectivity index is 1.57. The van der Waals surface area contributed by atoms with Crippen molar-refractivity contribution < 1.29 is 14.3 Å². The van der Waals surface area contributed by atoms with Gasteiger partial charge in [0.05, 0.1) is 19.8 Å². The van der Waals surface area contributed by atoms with Crippen molar-refractivity contribution in [2.75, 3.05) is 53.6 Å². The molecule has 0 bridgehead atoms. The third kappa shape index (κ3) is 4.55. The molecule has 1 aromatic rings. The molecule has 24 heavy (non-hydrogen) atoms. The molecule has 1 aromatic heterocycles. The number of aromatic nitrogens is 2. The second-order valence-electron chi connectivity index (χ2n) is 7.09. The summed E-state index contributed by atoms with van der Waals surface area (Å²) >= 11 is 0. The third-order valence-electron chi connectivity index (χ3n) is 4.76. The van der Waals surface area contributed by atoms with E-state index < -0.39 is 0 Å². The van der Waals surface area contributed by atoms with E-state index in [1.54, 1.807) is 19.0 Å². The molecule has 2 unspecified atom stereocenters. The lowest BCUT2D eigenvalue weighted by Crippen LogP contribution is -2.35. The average Bonchev–Trinajstić information content (AvgIpc) is 3.16. The Kier molecular flexibility index (Phi) is 5.86. The zero-order valence-corrected chi connectivity index (χ0v) is 14.7. The molecular formula is C17H28N4O3. The number of carbonyl (C=O) groups excluding carboxylic acids is 1. The van der Waals surface area contributed by atoms with E-state index in [2.05, 4.69) is 14.5 Å². The molecule has 1 saturated heterocycles. The van der Waals surface area contributed by atoms with Crippen LogP contribution >= 0.6 is 0 Å². The number of carbonyl (C=O) groups is 1. The average molecular weight is 336 g/mol. The van der Waals surface area contributed by atoms with Crippen LogP contribution in [0.3, 0.4) is 0 Å². The molecular weight excluding hydrogens is 308 g/mol. The standard InChI is InChI=1S/C17H28N4O3/c1-19(2)17(22)13-24-12-15-8-20(7-14-3-6-23-11-14)10-16-18-4-5-21(16)9-15/h4-5,14-15H,3,6-13H2,1-2H3. The predicted octanol–water partition coefficient (Wildman–Crippen LogP) is 0.456. The van der Waals surface area contributed by atoms with Gasteiger partial charge in [-0.3, -0.25) is 9.69 Å². The van der Waals surface area contributed by atoms with E-state index >= 15 is 0 Å². The first kappa shape index (κ1) is 17.4. The van der Waals surface area contributed by atoms with Gasteiger partial charge >= 0.3 is 0 Å². The van der Waals surface area contributed by atoms with Crippen molar-refractivity contribution in [1.82, 2.24) is 19.4 Å². The number of ether oxygens (including phenoxy) is 2. The number of hydrogen-bond acceptors (Lipinski definition) is 5. The van der Waals surface area contributed by atoms with Gasteiger partial charge in [0.2, 0.25) is 5.91 Å². The van der Waals surface area contributed by atoms with Gasteiger partial charge in [0, 0.05) is 58.6 Å². The Morgan fingerprint density at radius 3 is 3.04 bits per heavy atom. The van der Waals surface area contributed by atoms with Crippen molar-refractivity contribution in [2.45, 2.75) is 19.5 Å². The highest BCUT2D eigenvalue weighted by atomic mass is 16.5. The van der Waals surface area contributed by atoms with Crippen LogP contribution in [-0.4, -0.2) is 78.9 Å². The third-order valence-corrected chi connectivity index (χ3v) is 4.76. The summed E-state index contributed by atoms with van der Waals surface area (Å²) in [6.45, 7) is 6.26. The van der Waals surface area contributed by atoms with Crippen LogP contribution in [0.5, 0.6) is 0 Å². The van der Waals surface area contributed by atoms with E-state index in [0.29, 0.717) is 18.4 Å². The quantitative estimate of drug-likeness (QED) is 0.755. The number of hydrogen-bond donors (Lipinski definition) is 0. The first-order valence-corrected chi connectivity index (χ1v) is 8.70. The molecule has 2 aliphatic heterocycles. The van der Waals surface area contributed by atoms with Crippen molar-refractivity contribution in [2.24, 2.45) is 11.8 Å². The Labute approximate surface area is 143 Å². The lowest BCUT2D eigenvalue weighted by Gasteiger charge is -2.26. The van der Waals surface area contributed by atoms with Crippen LogP contribution in [0.1, 0.15) is 12.2 Å². The first-order chi connectivity index (χ1) is 11.6. The minimum atomic E-state index is 0.00639. The molecule has 1 amide bonds. The van der Waals surface area contributed by atoms with E-state index in [-0.39, 0.29) is 12.5 Å². The Morgan fingerprint density at radius 1 is 1.42 bits per heavy atom. The smallest absolute Gasteiger partial charge is 0.248 e. The van der Waals surface area contributed by atoms with Crippen LogP contribution in [0.4, 0.5) is 0 Å². The summed E-state index contributed by atoms with van der Waals surface area (Å²) in [4.78, 5) is 20.2. The summed E-state index contributed by atoms with van der Waals surface area (Å²) in [7, 11) is 3.50. The predicted molar refractivity (Wildman–Crippen MR) is 89.4 cm³/mol. The zero-order chi connectivity index (χ0) is 16.9. The summed E-state index contributed by atoms with van der Waals surface area (Å²) in [6.07, 6.45) is 5.05. The minimum absolute atomic E-state index is 0.00639. The van der Waals surface area contributed by atoms with Crippen LogP contribution in [0.15, 0.2) is 12.4 Å². The van der Waals surface area contributed by atoms with Gasteiger partial charge in [-0.1, -0.05) is 0 Å². The topological polar surface area (TPSA) is 59.8 Å². The normalized spacial score (nSPS) is 24.6. The fourth-order valence-corrected chi connectivity index (χ4v) is 3.40. The molecule has 0 saturated carbocycles. The highest BCUT2D eigenvalue weighted by Crippen LogP contribution is 2.20. The van der Waals surface area contributed by atoms with Gasteiger partial charge in [0.25, 0.3) is 0 Å². The number of nitrogens with zero attached hydrogens (tertiary/aromatic N) is 4. The van der Waals surface area contributed by atoms with E-state index in [0.717, 1.165) is 51.6 Å². The fraction of sp³-hybridized carbons (Fsp3) is 0.765. The van der Waals surface area contributed by atoms with Gasteiger partial charge in [-0.05, 0) is 12.3 Å². The summed E-state index contributed by atoms with van der Waals surface area (Å²) in [5.74, 6) is 2.09. The van der Waals surface area contributed by atoms with Crippen LogP contribution in [0.25, 0.3) is 0 Å². The molecule has 3 heterocycles. The first-order valence-electron chi connectivity index (χ1n) is 8.70. The van der Waals surface area contributed by atoms with E-state index in [4.69, 9.17) is 9.47 Å². The van der Waals surface area contributed by atoms with Crippen molar-refractivity contribution in [3.63, 3.8) is 0 Å². The molecule has 2 aliphatic rings. The van der Waals surface area contributed by atoms with Gasteiger partial charge in [-0.2, -0.15) is 0 Å². The Bertz CT molecular complexity index is 540. The number of fused-ring (bicyclic) bond motifs is 1. The highest BCUT2D eigenvalue weighted by Gasteiger charge is 2.26. The highest BCUT2D eigenvalue weighted by molar-refractivity contribution is 5.76. The van der Waals surface area contributed by atoms with Gasteiger partial charge in [0.15, 0.2) is 0 Å². The maximum absolute atomic E-state index is 11.7. The van der Waals surface area contributed by atoms with E-state index in [9.17, 15) is 4.79 Å². The summed E-state index contributed by atoms with van der Waals surface area (Å²) < 4.78 is 13.4. The van der Waals surface area contributed by atoms with Gasteiger partial charge in [0.1, 0.15) is 12.4 Å². The molecule has 0 N–H and O–H groups in total. The van der Waals surface area contributed by atoms with Crippen LogP contribution < -0.4 is 0 Å². The van der Waals surface area contributed by atoms with Gasteiger partial charge < -0.3 is 18.9 Å². The van der Waals surface area contributed by atoms with Crippen molar-refractivity contribution in [3.8, 4) is 0 Å². The Hall–Kier alpha value is -1.44. The van der Waals surface area contributed by atoms with Crippen molar-refractivity contribution >= 4 is 5.91 Å². The molecule has 0 spiro atoms. The lowest BCUT2D eigenvalue weighted by molar-refractivity contribution is -0.134.